The van der Waals surface area contributed by atoms with Crippen LogP contribution in [0.2, 0.25) is 0 Å². The van der Waals surface area contributed by atoms with E-state index >= 15 is 0 Å². The average molecular weight is 274 g/mol. The van der Waals surface area contributed by atoms with Crippen molar-refractivity contribution in [3.05, 3.63) is 47.5 Å². The van der Waals surface area contributed by atoms with Crippen LogP contribution < -0.4 is 11.1 Å². The number of nitrogens with one attached hydrogen (secondary N) is 1. The van der Waals surface area contributed by atoms with E-state index in [0.717, 1.165) is 19.3 Å². The molecule has 5 heteroatoms. The Balaban J connectivity index is 2.16. The van der Waals surface area contributed by atoms with E-state index in [4.69, 9.17) is 10.5 Å². The number of amides is 1. The van der Waals surface area contributed by atoms with Crippen LogP contribution in [0.1, 0.15) is 32.1 Å². The molecule has 20 heavy (non-hydrogen) atoms. The van der Waals surface area contributed by atoms with Crippen LogP contribution in [0.25, 0.3) is 0 Å². The fourth-order valence-electron chi connectivity index (χ4n) is 2.25. The lowest BCUT2D eigenvalue weighted by Gasteiger charge is -2.11. The number of nitrogens with two attached hydrogens (primary N) is 1. The van der Waals surface area contributed by atoms with Gasteiger partial charge in [-0.15, -0.1) is 0 Å². The molecule has 0 radical (unpaired) electrons. The van der Waals surface area contributed by atoms with Crippen molar-refractivity contribution in [3.8, 4) is 0 Å². The lowest BCUT2D eigenvalue weighted by atomic mass is 10.0. The fraction of sp³-hybridized carbons (Fsp3) is 0.333. The highest BCUT2D eigenvalue weighted by Crippen LogP contribution is 2.25. The molecule has 1 heterocycles. The molecule has 0 saturated carbocycles. The maximum Gasteiger partial charge on any atom is 0.341 e. The standard InChI is InChI=1S/C15H18N2O3/c16-14(18)11-7-3-1-4-8-12(11)15(19)20-13-9-5-2-6-10-17-13/h2,5-6,9-10,17H,1,3-4,7-8H2,(H2,16,18). The van der Waals surface area contributed by atoms with Crippen LogP contribution in [-0.4, -0.2) is 11.9 Å². The molecule has 0 atom stereocenters. The second kappa shape index (κ2) is 6.75. The summed E-state index contributed by atoms with van der Waals surface area (Å²) in [6.07, 6.45) is 12.5. The summed E-state index contributed by atoms with van der Waals surface area (Å²) in [7, 11) is 0. The zero-order chi connectivity index (χ0) is 14.4. The van der Waals surface area contributed by atoms with Gasteiger partial charge in [0.25, 0.3) is 0 Å². The van der Waals surface area contributed by atoms with Crippen LogP contribution in [-0.2, 0) is 14.3 Å². The molecule has 1 aliphatic carbocycles. The molecule has 1 aliphatic heterocycles. The highest BCUT2D eigenvalue weighted by atomic mass is 16.5. The van der Waals surface area contributed by atoms with Gasteiger partial charge in [0.1, 0.15) is 0 Å². The largest absolute Gasteiger partial charge is 0.406 e. The van der Waals surface area contributed by atoms with Crippen molar-refractivity contribution >= 4 is 11.9 Å². The molecule has 0 spiro atoms. The average Bonchev–Trinajstić information content (AvgIpc) is 2.80. The van der Waals surface area contributed by atoms with Gasteiger partial charge >= 0.3 is 5.97 Å². The van der Waals surface area contributed by atoms with E-state index in [0.29, 0.717) is 29.9 Å². The van der Waals surface area contributed by atoms with Crippen molar-refractivity contribution < 1.29 is 14.3 Å². The number of carbonyl (C=O) groups is 2. The molecule has 106 valence electrons. The summed E-state index contributed by atoms with van der Waals surface area (Å²) in [4.78, 5) is 23.7. The minimum absolute atomic E-state index is 0.334. The zero-order valence-corrected chi connectivity index (χ0v) is 11.2. The molecular formula is C15H18N2O3. The molecule has 0 aromatic rings. The molecule has 0 bridgehead atoms. The maximum absolute atomic E-state index is 12.2. The summed E-state index contributed by atoms with van der Waals surface area (Å²) in [5.41, 5.74) is 6.19. The van der Waals surface area contributed by atoms with Crippen LogP contribution in [0.15, 0.2) is 47.5 Å². The molecule has 2 aliphatic rings. The van der Waals surface area contributed by atoms with Gasteiger partial charge < -0.3 is 15.8 Å². The first-order valence-electron chi connectivity index (χ1n) is 6.72. The van der Waals surface area contributed by atoms with Gasteiger partial charge in [0, 0.05) is 17.3 Å². The fourth-order valence-corrected chi connectivity index (χ4v) is 2.25. The summed E-state index contributed by atoms with van der Waals surface area (Å²) in [6, 6.07) is 0. The Labute approximate surface area is 117 Å². The van der Waals surface area contributed by atoms with E-state index < -0.39 is 11.9 Å². The minimum Gasteiger partial charge on any atom is -0.406 e. The van der Waals surface area contributed by atoms with Crippen molar-refractivity contribution in [2.45, 2.75) is 32.1 Å². The summed E-state index contributed by atoms with van der Waals surface area (Å²) in [5.74, 6) is -0.690. The first-order chi connectivity index (χ1) is 9.68. The lowest BCUT2D eigenvalue weighted by Crippen LogP contribution is -2.21. The molecule has 3 N–H and O–H groups in total. The number of carbonyl (C=O) groups excluding carboxylic acids is 2. The van der Waals surface area contributed by atoms with Gasteiger partial charge in [-0.1, -0.05) is 18.6 Å². The third-order valence-corrected chi connectivity index (χ3v) is 3.26. The van der Waals surface area contributed by atoms with Gasteiger partial charge in [-0.3, -0.25) is 4.79 Å². The Morgan fingerprint density at radius 2 is 1.80 bits per heavy atom. The molecule has 0 fully saturated rings. The van der Waals surface area contributed by atoms with Crippen LogP contribution in [0.3, 0.4) is 0 Å². The monoisotopic (exact) mass is 274 g/mol. The highest BCUT2D eigenvalue weighted by molar-refractivity contribution is 6.02. The maximum atomic E-state index is 12.2. The quantitative estimate of drug-likeness (QED) is 0.769. The Morgan fingerprint density at radius 1 is 1.05 bits per heavy atom. The summed E-state index contributed by atoms with van der Waals surface area (Å²) in [5, 5.41) is 2.85. The number of ether oxygens (including phenoxy) is 1. The van der Waals surface area contributed by atoms with Gasteiger partial charge in [-0.05, 0) is 37.8 Å². The second-order valence-corrected chi connectivity index (χ2v) is 4.69. The van der Waals surface area contributed by atoms with Crippen LogP contribution in [0.5, 0.6) is 0 Å². The van der Waals surface area contributed by atoms with Crippen LogP contribution in [0.4, 0.5) is 0 Å². The van der Waals surface area contributed by atoms with E-state index in [1.807, 2.05) is 6.08 Å². The van der Waals surface area contributed by atoms with E-state index in [9.17, 15) is 9.59 Å². The van der Waals surface area contributed by atoms with Gasteiger partial charge in [0.05, 0.1) is 0 Å². The summed E-state index contributed by atoms with van der Waals surface area (Å²) >= 11 is 0. The summed E-state index contributed by atoms with van der Waals surface area (Å²) in [6.45, 7) is 0. The Hall–Kier alpha value is -2.30. The molecule has 0 aromatic carbocycles. The lowest BCUT2D eigenvalue weighted by molar-refractivity contribution is -0.136. The predicted octanol–water partition coefficient (Wildman–Crippen LogP) is 1.79. The van der Waals surface area contributed by atoms with Gasteiger partial charge in [0.15, 0.2) is 0 Å². The molecule has 0 unspecified atom stereocenters. The van der Waals surface area contributed by atoms with E-state index in [1.54, 1.807) is 24.4 Å². The Bertz CT molecular complexity index is 527. The third kappa shape index (κ3) is 3.60. The first-order valence-corrected chi connectivity index (χ1v) is 6.72. The topological polar surface area (TPSA) is 81.4 Å². The van der Waals surface area contributed by atoms with Crippen molar-refractivity contribution in [3.63, 3.8) is 0 Å². The molecule has 2 rings (SSSR count). The number of rotatable bonds is 3. The van der Waals surface area contributed by atoms with Crippen molar-refractivity contribution in [1.82, 2.24) is 5.32 Å². The Kier molecular flexibility index (Phi) is 4.76. The van der Waals surface area contributed by atoms with Crippen molar-refractivity contribution in [1.29, 1.82) is 0 Å². The smallest absolute Gasteiger partial charge is 0.341 e. The molecular weight excluding hydrogens is 256 g/mol. The molecule has 5 nitrogen and oxygen atoms in total. The summed E-state index contributed by atoms with van der Waals surface area (Å²) < 4.78 is 5.29. The van der Waals surface area contributed by atoms with E-state index in [-0.39, 0.29) is 0 Å². The Morgan fingerprint density at radius 3 is 2.55 bits per heavy atom. The minimum atomic E-state index is -0.526. The van der Waals surface area contributed by atoms with Gasteiger partial charge in [0.2, 0.25) is 11.8 Å². The van der Waals surface area contributed by atoms with E-state index in [2.05, 4.69) is 5.32 Å². The second-order valence-electron chi connectivity index (χ2n) is 4.69. The molecule has 0 aromatic heterocycles. The van der Waals surface area contributed by atoms with Crippen LogP contribution >= 0.6 is 0 Å². The van der Waals surface area contributed by atoms with Crippen molar-refractivity contribution in [2.75, 3.05) is 0 Å². The van der Waals surface area contributed by atoms with Gasteiger partial charge in [-0.25, -0.2) is 4.79 Å². The number of allylic oxidation sites excluding steroid dienone is 4. The van der Waals surface area contributed by atoms with Crippen molar-refractivity contribution in [2.24, 2.45) is 5.73 Å². The first kappa shape index (κ1) is 14.1. The number of hydrogen-bond acceptors (Lipinski definition) is 4. The van der Waals surface area contributed by atoms with E-state index in [1.165, 1.54) is 0 Å². The zero-order valence-electron chi connectivity index (χ0n) is 11.2. The number of hydrogen-bond donors (Lipinski definition) is 2. The van der Waals surface area contributed by atoms with Gasteiger partial charge in [-0.2, -0.15) is 0 Å². The van der Waals surface area contributed by atoms with Crippen LogP contribution in [0, 0.1) is 0 Å². The molecule has 1 amide bonds. The number of esters is 1. The normalized spacial score (nSPS) is 18.7. The predicted molar refractivity (Wildman–Crippen MR) is 74.9 cm³/mol. The third-order valence-electron chi connectivity index (χ3n) is 3.26. The number of primary amides is 1. The SMILES string of the molecule is NC(=O)C1=C(C(=O)OC2=CC=CC=CN2)CCCCC1. The highest BCUT2D eigenvalue weighted by Gasteiger charge is 2.23. The molecule has 0 saturated heterocycles.